The summed E-state index contributed by atoms with van der Waals surface area (Å²) >= 11 is 9.24. The summed E-state index contributed by atoms with van der Waals surface area (Å²) in [7, 11) is 1.80. The number of amides is 2. The number of halogens is 1. The molecule has 9 heteroatoms. The molecule has 0 aliphatic carbocycles. The van der Waals surface area contributed by atoms with Crippen LogP contribution in [0.25, 0.3) is 17.0 Å². The number of carbonyl (C=O) groups excluding carboxylic acids is 2. The monoisotopic (exact) mass is 594 g/mol. The van der Waals surface area contributed by atoms with Crippen LogP contribution in [0.3, 0.4) is 0 Å². The fourth-order valence-electron chi connectivity index (χ4n) is 5.10. The smallest absolute Gasteiger partial charge is 0.281 e. The van der Waals surface area contributed by atoms with Crippen molar-refractivity contribution in [3.05, 3.63) is 64.4 Å². The molecule has 0 unspecified atom stereocenters. The van der Waals surface area contributed by atoms with Crippen molar-refractivity contribution >= 4 is 67.7 Å². The average Bonchev–Trinajstić information content (AvgIpc) is 3.17. The van der Waals surface area contributed by atoms with E-state index >= 15 is 0 Å². The Morgan fingerprint density at radius 2 is 1.79 bits per heavy atom. The topological polar surface area (TPSA) is 58.0 Å². The van der Waals surface area contributed by atoms with Gasteiger partial charge < -0.3 is 19.1 Å². The molecule has 0 N–H and O–H groups in total. The number of fused-ring (bicyclic) bond motifs is 1. The van der Waals surface area contributed by atoms with Gasteiger partial charge in [0.2, 0.25) is 5.91 Å². The molecule has 0 bridgehead atoms. The number of anilines is 1. The number of hydrogen-bond acceptors (Lipinski definition) is 4. The Balaban J connectivity index is 1.47. The normalized spacial score (nSPS) is 17.6. The summed E-state index contributed by atoms with van der Waals surface area (Å²) in [5.41, 5.74) is 2.97. The van der Waals surface area contributed by atoms with E-state index in [1.165, 1.54) is 17.7 Å². The first-order valence-corrected chi connectivity index (χ1v) is 14.2. The Bertz CT molecular complexity index is 1410. The van der Waals surface area contributed by atoms with Crippen LogP contribution < -0.4 is 9.64 Å². The molecule has 2 aliphatic heterocycles. The largest absolute Gasteiger partial charge is 0.494 e. The van der Waals surface area contributed by atoms with Crippen molar-refractivity contribution in [2.75, 3.05) is 31.6 Å². The van der Waals surface area contributed by atoms with Crippen LogP contribution in [-0.4, -0.2) is 58.0 Å². The zero-order valence-corrected chi connectivity index (χ0v) is 24.1. The molecule has 2 aromatic carbocycles. The van der Waals surface area contributed by atoms with E-state index in [4.69, 9.17) is 17.0 Å². The summed E-state index contributed by atoms with van der Waals surface area (Å²) in [6.45, 7) is 4.40. The second-order valence-corrected chi connectivity index (χ2v) is 10.9. The maximum absolute atomic E-state index is 13.6. The van der Waals surface area contributed by atoms with E-state index < -0.39 is 0 Å². The van der Waals surface area contributed by atoms with E-state index in [1.807, 2.05) is 71.1 Å². The molecule has 38 heavy (non-hydrogen) atoms. The summed E-state index contributed by atoms with van der Waals surface area (Å²) in [5.74, 6) is 0.673. The van der Waals surface area contributed by atoms with E-state index in [9.17, 15) is 9.59 Å². The van der Waals surface area contributed by atoms with Crippen molar-refractivity contribution < 1.29 is 14.3 Å². The lowest BCUT2D eigenvalue weighted by Gasteiger charge is -2.20. The summed E-state index contributed by atoms with van der Waals surface area (Å²) in [4.78, 5) is 32.0. The van der Waals surface area contributed by atoms with E-state index in [1.54, 1.807) is 11.9 Å². The lowest BCUT2D eigenvalue weighted by molar-refractivity contribution is -0.131. The van der Waals surface area contributed by atoms with Crippen molar-refractivity contribution in [1.82, 2.24) is 14.4 Å². The number of aromatic nitrogens is 1. The summed E-state index contributed by atoms with van der Waals surface area (Å²) in [6.07, 6.45) is 8.30. The second kappa shape index (κ2) is 11.3. The number of rotatable bonds is 6. The van der Waals surface area contributed by atoms with Crippen LogP contribution in [0, 0.1) is 0 Å². The van der Waals surface area contributed by atoms with Crippen molar-refractivity contribution in [3.63, 3.8) is 0 Å². The molecule has 0 saturated carbocycles. The molecule has 0 atom stereocenters. The minimum absolute atomic E-state index is 0.128. The van der Waals surface area contributed by atoms with Crippen molar-refractivity contribution in [1.29, 1.82) is 0 Å². The molecule has 1 aromatic heterocycles. The fraction of sp³-hybridized carbons (Fsp3) is 0.345. The first-order valence-electron chi connectivity index (χ1n) is 13.0. The quantitative estimate of drug-likeness (QED) is 0.266. The van der Waals surface area contributed by atoms with Gasteiger partial charge in [-0.3, -0.25) is 14.5 Å². The number of likely N-dealkylation sites (tertiary alicyclic amines) is 1. The van der Waals surface area contributed by atoms with E-state index in [0.717, 1.165) is 52.6 Å². The van der Waals surface area contributed by atoms with Gasteiger partial charge in [-0.1, -0.05) is 28.8 Å². The molecule has 0 radical (unpaired) electrons. The van der Waals surface area contributed by atoms with Gasteiger partial charge in [0.15, 0.2) is 5.11 Å². The van der Waals surface area contributed by atoms with E-state index in [0.29, 0.717) is 23.1 Å². The minimum Gasteiger partial charge on any atom is -0.494 e. The van der Waals surface area contributed by atoms with Crippen molar-refractivity contribution in [3.8, 4) is 5.75 Å². The highest BCUT2D eigenvalue weighted by molar-refractivity contribution is 9.10. The van der Waals surface area contributed by atoms with Crippen LogP contribution in [0.1, 0.15) is 38.2 Å². The number of likely N-dealkylation sites (N-methyl/N-ethyl adjacent to an activating group) is 1. The van der Waals surface area contributed by atoms with Gasteiger partial charge in [0.1, 0.15) is 18.0 Å². The molecule has 198 valence electrons. The number of ether oxygens (including phenoxy) is 1. The lowest BCUT2D eigenvalue weighted by atomic mass is 10.1. The Kier molecular flexibility index (Phi) is 7.85. The number of hydrogen-bond donors (Lipinski definition) is 0. The average molecular weight is 596 g/mol. The highest BCUT2D eigenvalue weighted by Crippen LogP contribution is 2.32. The lowest BCUT2D eigenvalue weighted by Crippen LogP contribution is -2.34. The Labute approximate surface area is 236 Å². The highest BCUT2D eigenvalue weighted by atomic mass is 79.9. The van der Waals surface area contributed by atoms with Gasteiger partial charge in [0.05, 0.1) is 12.3 Å². The van der Waals surface area contributed by atoms with Gasteiger partial charge in [-0.15, -0.1) is 0 Å². The van der Waals surface area contributed by atoms with E-state index in [-0.39, 0.29) is 18.4 Å². The number of benzene rings is 2. The zero-order valence-electron chi connectivity index (χ0n) is 21.7. The van der Waals surface area contributed by atoms with Gasteiger partial charge in [0, 0.05) is 47.3 Å². The SMILES string of the molecule is CCOc1ccc(N2C(=O)/C(=C/c3cn(CC(=O)N4CCCCCC4)c4ccc(Br)cc34)N(C)C2=S)cc1. The molecular formula is C29H31BrN4O3S. The van der Waals surface area contributed by atoms with Crippen LogP contribution in [0.2, 0.25) is 0 Å². The minimum atomic E-state index is -0.196. The fourth-order valence-corrected chi connectivity index (χ4v) is 5.75. The summed E-state index contributed by atoms with van der Waals surface area (Å²) in [5, 5.41) is 1.37. The van der Waals surface area contributed by atoms with Crippen LogP contribution in [0.15, 0.2) is 58.8 Å². The highest BCUT2D eigenvalue weighted by Gasteiger charge is 2.37. The summed E-state index contributed by atoms with van der Waals surface area (Å²) in [6, 6.07) is 13.4. The predicted molar refractivity (Wildman–Crippen MR) is 158 cm³/mol. The summed E-state index contributed by atoms with van der Waals surface area (Å²) < 4.78 is 8.45. The molecule has 0 spiro atoms. The maximum Gasteiger partial charge on any atom is 0.281 e. The Morgan fingerprint density at radius 3 is 2.47 bits per heavy atom. The molecule has 3 heterocycles. The third-order valence-corrected chi connectivity index (χ3v) is 8.05. The zero-order chi connectivity index (χ0) is 26.8. The third kappa shape index (κ3) is 5.22. The van der Waals surface area contributed by atoms with Gasteiger partial charge in [-0.25, -0.2) is 0 Å². The number of carbonyl (C=O) groups is 2. The van der Waals surface area contributed by atoms with Crippen LogP contribution >= 0.6 is 28.1 Å². The maximum atomic E-state index is 13.6. The standard InChI is InChI=1S/C29H31BrN4O3S/c1-3-37-23-11-9-22(10-12-23)34-28(36)26(31(2)29(34)38)16-20-18-33(25-13-8-21(30)17-24(20)25)19-27(35)32-14-6-4-5-7-15-32/h8-13,16-18H,3-7,14-15,19H2,1-2H3/b26-16-. The predicted octanol–water partition coefficient (Wildman–Crippen LogP) is 5.81. The van der Waals surface area contributed by atoms with Crippen molar-refractivity contribution in [2.45, 2.75) is 39.2 Å². The van der Waals surface area contributed by atoms with Gasteiger partial charge >= 0.3 is 0 Å². The van der Waals surface area contributed by atoms with Crippen LogP contribution in [0.4, 0.5) is 5.69 Å². The van der Waals surface area contributed by atoms with Crippen LogP contribution in [0.5, 0.6) is 5.75 Å². The molecule has 7 nitrogen and oxygen atoms in total. The third-order valence-electron chi connectivity index (χ3n) is 7.10. The first kappa shape index (κ1) is 26.4. The molecule has 2 fully saturated rings. The molecule has 3 aromatic rings. The van der Waals surface area contributed by atoms with Gasteiger partial charge in [-0.05, 0) is 80.5 Å². The van der Waals surface area contributed by atoms with Gasteiger partial charge in [-0.2, -0.15) is 0 Å². The Hall–Kier alpha value is -3.17. The van der Waals surface area contributed by atoms with Gasteiger partial charge in [0.25, 0.3) is 5.91 Å². The second-order valence-electron chi connectivity index (χ2n) is 9.61. The van der Waals surface area contributed by atoms with Crippen molar-refractivity contribution in [2.24, 2.45) is 0 Å². The first-order chi connectivity index (χ1) is 18.4. The molecule has 2 amide bonds. The molecular weight excluding hydrogens is 564 g/mol. The number of nitrogens with zero attached hydrogens (tertiary/aromatic N) is 4. The molecule has 5 rings (SSSR count). The molecule has 2 saturated heterocycles. The number of thiocarbonyl (C=S) groups is 1. The Morgan fingerprint density at radius 1 is 1.08 bits per heavy atom. The molecule has 2 aliphatic rings. The van der Waals surface area contributed by atoms with Crippen LogP contribution in [-0.2, 0) is 16.1 Å². The van der Waals surface area contributed by atoms with E-state index in [2.05, 4.69) is 15.9 Å².